The van der Waals surface area contributed by atoms with Crippen LogP contribution in [0.2, 0.25) is 0 Å². The van der Waals surface area contributed by atoms with Crippen molar-refractivity contribution in [3.05, 3.63) is 0 Å². The first-order chi connectivity index (χ1) is 6.36. The summed E-state index contributed by atoms with van der Waals surface area (Å²) < 4.78 is 0. The van der Waals surface area contributed by atoms with E-state index in [1.54, 1.807) is 20.8 Å². The van der Waals surface area contributed by atoms with Gasteiger partial charge in [-0.25, -0.2) is 0 Å². The highest BCUT2D eigenvalue weighted by molar-refractivity contribution is 5.70. The minimum absolute atomic E-state index is 0.236. The van der Waals surface area contributed by atoms with E-state index in [4.69, 9.17) is 15.3 Å². The third-order valence-electron chi connectivity index (χ3n) is 2.41. The summed E-state index contributed by atoms with van der Waals surface area (Å²) in [7, 11) is 0. The van der Waals surface area contributed by atoms with Gasteiger partial charge in [-0.1, -0.05) is 6.92 Å². The first kappa shape index (κ1) is 13.4. The Kier molecular flexibility index (Phi) is 5.04. The Labute approximate surface area is 83.8 Å². The van der Waals surface area contributed by atoms with E-state index in [9.17, 15) is 4.79 Å². The fourth-order valence-electron chi connectivity index (χ4n) is 1.03. The van der Waals surface area contributed by atoms with Crippen LogP contribution < -0.4 is 5.32 Å². The molecule has 0 aromatic heterocycles. The molecule has 2 atom stereocenters. The maximum Gasteiger partial charge on any atom is 0.307 e. The molecule has 0 aliphatic carbocycles. The minimum atomic E-state index is -0.900. The van der Waals surface area contributed by atoms with Gasteiger partial charge in [0.25, 0.3) is 0 Å². The number of rotatable bonds is 6. The van der Waals surface area contributed by atoms with Gasteiger partial charge in [0.05, 0.1) is 24.7 Å². The van der Waals surface area contributed by atoms with Gasteiger partial charge in [-0.3, -0.25) is 4.79 Å². The number of carboxylic acid groups (broad SMARTS) is 1. The van der Waals surface area contributed by atoms with Crippen LogP contribution in [0.15, 0.2) is 0 Å². The lowest BCUT2D eigenvalue weighted by molar-refractivity contribution is -0.142. The molecule has 0 aromatic carbocycles. The summed E-state index contributed by atoms with van der Waals surface area (Å²) >= 11 is 0. The lowest BCUT2D eigenvalue weighted by Gasteiger charge is -2.31. The molecule has 5 nitrogen and oxygen atoms in total. The molecular formula is C9H19NO4. The molecule has 5 heteroatoms. The van der Waals surface area contributed by atoms with Gasteiger partial charge in [-0.05, 0) is 13.8 Å². The van der Waals surface area contributed by atoms with Gasteiger partial charge >= 0.3 is 5.97 Å². The van der Waals surface area contributed by atoms with Crippen LogP contribution >= 0.6 is 0 Å². The van der Waals surface area contributed by atoms with Crippen LogP contribution in [-0.4, -0.2) is 46.1 Å². The van der Waals surface area contributed by atoms with Crippen molar-refractivity contribution in [2.24, 2.45) is 5.92 Å². The fourth-order valence-corrected chi connectivity index (χ4v) is 1.03. The molecule has 0 saturated heterocycles. The number of aliphatic carboxylic acids is 1. The molecule has 84 valence electrons. The Morgan fingerprint density at radius 1 is 1.36 bits per heavy atom. The zero-order valence-electron chi connectivity index (χ0n) is 8.82. The fraction of sp³-hybridized carbons (Fsp3) is 0.889. The third-order valence-corrected chi connectivity index (χ3v) is 2.41. The number of nitrogens with one attached hydrogen (secondary N) is 1. The number of hydrogen-bond donors (Lipinski definition) is 4. The highest BCUT2D eigenvalue weighted by Crippen LogP contribution is 2.09. The number of aliphatic hydroxyl groups excluding tert-OH is 2. The predicted molar refractivity (Wildman–Crippen MR) is 52.0 cm³/mol. The van der Waals surface area contributed by atoms with Crippen molar-refractivity contribution in [1.29, 1.82) is 0 Å². The molecule has 0 saturated carbocycles. The Morgan fingerprint density at radius 2 is 1.79 bits per heavy atom. The van der Waals surface area contributed by atoms with Crippen molar-refractivity contribution in [2.75, 3.05) is 13.2 Å². The topological polar surface area (TPSA) is 89.8 Å². The van der Waals surface area contributed by atoms with Crippen molar-refractivity contribution < 1.29 is 20.1 Å². The Morgan fingerprint density at radius 3 is 2.07 bits per heavy atom. The molecule has 0 radical (unpaired) electrons. The van der Waals surface area contributed by atoms with Crippen LogP contribution in [0.3, 0.4) is 0 Å². The zero-order valence-corrected chi connectivity index (χ0v) is 8.82. The second-order valence-electron chi connectivity index (χ2n) is 3.94. The summed E-state index contributed by atoms with van der Waals surface area (Å²) in [6, 6.07) is -0.309. The van der Waals surface area contributed by atoms with Crippen molar-refractivity contribution in [3.63, 3.8) is 0 Å². The molecule has 2 unspecified atom stereocenters. The van der Waals surface area contributed by atoms with E-state index < -0.39 is 17.4 Å². The standard InChI is InChI=1S/C9H19NO4/c1-6(8(13)14)7(2)10-9(3,4-11)5-12/h6-7,10-12H,4-5H2,1-3H3,(H,13,14). The second kappa shape index (κ2) is 5.29. The summed E-state index contributed by atoms with van der Waals surface area (Å²) in [5.74, 6) is -1.46. The van der Waals surface area contributed by atoms with Crippen LogP contribution in [0.25, 0.3) is 0 Å². The monoisotopic (exact) mass is 205 g/mol. The van der Waals surface area contributed by atoms with Gasteiger partial charge < -0.3 is 20.6 Å². The second-order valence-corrected chi connectivity index (χ2v) is 3.94. The van der Waals surface area contributed by atoms with Crippen molar-refractivity contribution in [1.82, 2.24) is 5.32 Å². The molecule has 0 aliphatic heterocycles. The quantitative estimate of drug-likeness (QED) is 0.466. The van der Waals surface area contributed by atoms with E-state index in [1.807, 2.05) is 0 Å². The largest absolute Gasteiger partial charge is 0.481 e. The molecule has 0 fully saturated rings. The lowest BCUT2D eigenvalue weighted by atomic mass is 9.98. The van der Waals surface area contributed by atoms with Crippen LogP contribution in [0, 0.1) is 5.92 Å². The molecule has 0 aliphatic rings. The SMILES string of the molecule is CC(NC(C)(CO)CO)C(C)C(=O)O. The van der Waals surface area contributed by atoms with E-state index in [-0.39, 0.29) is 19.3 Å². The maximum absolute atomic E-state index is 10.6. The molecule has 0 heterocycles. The van der Waals surface area contributed by atoms with Crippen molar-refractivity contribution >= 4 is 5.97 Å². The summed E-state index contributed by atoms with van der Waals surface area (Å²) in [6.45, 7) is 4.45. The van der Waals surface area contributed by atoms with E-state index in [0.717, 1.165) is 0 Å². The number of carboxylic acids is 1. The highest BCUT2D eigenvalue weighted by Gasteiger charge is 2.28. The number of carbonyl (C=O) groups is 1. The molecule has 0 aromatic rings. The average molecular weight is 205 g/mol. The molecular weight excluding hydrogens is 186 g/mol. The van der Waals surface area contributed by atoms with Gasteiger partial charge in [0, 0.05) is 6.04 Å². The Bertz CT molecular complexity index is 191. The molecule has 0 rings (SSSR count). The van der Waals surface area contributed by atoms with Crippen molar-refractivity contribution in [2.45, 2.75) is 32.4 Å². The maximum atomic E-state index is 10.6. The van der Waals surface area contributed by atoms with Crippen LogP contribution in [0.1, 0.15) is 20.8 Å². The van der Waals surface area contributed by atoms with E-state index in [2.05, 4.69) is 5.32 Å². The van der Waals surface area contributed by atoms with Gasteiger partial charge in [-0.15, -0.1) is 0 Å². The summed E-state index contributed by atoms with van der Waals surface area (Å²) in [5.41, 5.74) is -0.830. The van der Waals surface area contributed by atoms with Crippen LogP contribution in [0.5, 0.6) is 0 Å². The molecule has 0 bridgehead atoms. The third kappa shape index (κ3) is 3.61. The van der Waals surface area contributed by atoms with Gasteiger partial charge in [0.2, 0.25) is 0 Å². The lowest BCUT2D eigenvalue weighted by Crippen LogP contribution is -2.55. The Balaban J connectivity index is 4.29. The molecule has 14 heavy (non-hydrogen) atoms. The zero-order chi connectivity index (χ0) is 11.4. The van der Waals surface area contributed by atoms with Gasteiger partial charge in [0.15, 0.2) is 0 Å². The number of hydrogen-bond acceptors (Lipinski definition) is 4. The van der Waals surface area contributed by atoms with Gasteiger partial charge in [-0.2, -0.15) is 0 Å². The van der Waals surface area contributed by atoms with E-state index >= 15 is 0 Å². The van der Waals surface area contributed by atoms with Crippen LogP contribution in [0.4, 0.5) is 0 Å². The Hall–Kier alpha value is -0.650. The minimum Gasteiger partial charge on any atom is -0.481 e. The average Bonchev–Trinajstić information content (AvgIpc) is 2.16. The van der Waals surface area contributed by atoms with E-state index in [0.29, 0.717) is 0 Å². The smallest absolute Gasteiger partial charge is 0.307 e. The summed E-state index contributed by atoms with van der Waals surface area (Å²) in [4.78, 5) is 10.6. The predicted octanol–water partition coefficient (Wildman–Crippen LogP) is -0.571. The first-order valence-corrected chi connectivity index (χ1v) is 4.58. The molecule has 0 amide bonds. The number of aliphatic hydroxyl groups is 2. The van der Waals surface area contributed by atoms with Gasteiger partial charge in [0.1, 0.15) is 0 Å². The summed E-state index contributed by atoms with van der Waals surface area (Å²) in [5, 5.41) is 29.6. The molecule has 0 spiro atoms. The van der Waals surface area contributed by atoms with Crippen molar-refractivity contribution in [3.8, 4) is 0 Å². The molecule has 4 N–H and O–H groups in total. The van der Waals surface area contributed by atoms with E-state index in [1.165, 1.54) is 0 Å². The van der Waals surface area contributed by atoms with Crippen LogP contribution in [-0.2, 0) is 4.79 Å². The normalized spacial score (nSPS) is 16.4. The highest BCUT2D eigenvalue weighted by atomic mass is 16.4. The first-order valence-electron chi connectivity index (χ1n) is 4.58. The summed E-state index contributed by atoms with van der Waals surface area (Å²) in [6.07, 6.45) is 0.